The molecule has 5 nitrogen and oxygen atoms in total. The van der Waals surface area contributed by atoms with E-state index in [9.17, 15) is 4.79 Å². The van der Waals surface area contributed by atoms with Crippen LogP contribution in [0.25, 0.3) is 5.69 Å². The normalized spacial score (nSPS) is 23.9. The lowest BCUT2D eigenvalue weighted by Gasteiger charge is -2.44. The van der Waals surface area contributed by atoms with E-state index in [1.54, 1.807) is 0 Å². The van der Waals surface area contributed by atoms with E-state index in [0.717, 1.165) is 63.5 Å². The molecule has 0 radical (unpaired) electrons. The second-order valence-corrected chi connectivity index (χ2v) is 8.58. The SMILES string of the molecule is CC(C)N1CCOC[C@]2(CCCN(C(=O)c3ccc(-n4cccc4)cc3)C2)C1. The van der Waals surface area contributed by atoms with E-state index in [1.165, 1.54) is 0 Å². The van der Waals surface area contributed by atoms with E-state index in [2.05, 4.69) is 18.7 Å². The third kappa shape index (κ3) is 4.01. The van der Waals surface area contributed by atoms with Gasteiger partial charge in [-0.2, -0.15) is 0 Å². The predicted octanol–water partition coefficient (Wildman–Crippen LogP) is 3.44. The maximum atomic E-state index is 13.2. The van der Waals surface area contributed by atoms with Gasteiger partial charge in [-0.1, -0.05) is 0 Å². The number of nitrogens with zero attached hydrogens (tertiary/aromatic N) is 3. The Morgan fingerprint density at radius 1 is 1.07 bits per heavy atom. The first-order valence-corrected chi connectivity index (χ1v) is 10.4. The lowest BCUT2D eigenvalue weighted by atomic mass is 9.79. The summed E-state index contributed by atoms with van der Waals surface area (Å²) < 4.78 is 8.03. The second-order valence-electron chi connectivity index (χ2n) is 8.58. The van der Waals surface area contributed by atoms with Crippen LogP contribution in [0, 0.1) is 5.41 Å². The lowest BCUT2D eigenvalue weighted by molar-refractivity contribution is 0.00573. The van der Waals surface area contributed by atoms with Gasteiger partial charge in [-0.25, -0.2) is 0 Å². The van der Waals surface area contributed by atoms with Gasteiger partial charge in [0, 0.05) is 61.3 Å². The number of carbonyl (C=O) groups excluding carboxylic acids is 1. The number of aromatic nitrogens is 1. The number of hydrogen-bond donors (Lipinski definition) is 0. The Morgan fingerprint density at radius 2 is 1.82 bits per heavy atom. The molecule has 0 bridgehead atoms. The Labute approximate surface area is 167 Å². The average Bonchev–Trinajstić information content (AvgIpc) is 3.17. The molecule has 1 aromatic carbocycles. The van der Waals surface area contributed by atoms with Crippen molar-refractivity contribution in [3.8, 4) is 5.69 Å². The topological polar surface area (TPSA) is 37.7 Å². The Balaban J connectivity index is 1.48. The third-order valence-corrected chi connectivity index (χ3v) is 6.17. The minimum atomic E-state index is 0.0553. The van der Waals surface area contributed by atoms with E-state index in [-0.39, 0.29) is 11.3 Å². The molecular formula is C23H31N3O2. The molecule has 2 aliphatic heterocycles. The summed E-state index contributed by atoms with van der Waals surface area (Å²) in [5, 5.41) is 0. The van der Waals surface area contributed by atoms with Crippen molar-refractivity contribution < 1.29 is 9.53 Å². The van der Waals surface area contributed by atoms with Crippen LogP contribution in [0.4, 0.5) is 0 Å². The van der Waals surface area contributed by atoms with Crippen molar-refractivity contribution in [3.63, 3.8) is 0 Å². The molecule has 2 aliphatic rings. The Hall–Kier alpha value is -2.11. The van der Waals surface area contributed by atoms with Crippen LogP contribution in [0.3, 0.4) is 0 Å². The molecule has 4 rings (SSSR count). The van der Waals surface area contributed by atoms with Gasteiger partial charge in [0.2, 0.25) is 0 Å². The van der Waals surface area contributed by atoms with Crippen LogP contribution in [-0.4, -0.2) is 65.7 Å². The Bertz CT molecular complexity index is 785. The first-order chi connectivity index (χ1) is 13.6. The smallest absolute Gasteiger partial charge is 0.253 e. The highest BCUT2D eigenvalue weighted by molar-refractivity contribution is 5.94. The summed E-state index contributed by atoms with van der Waals surface area (Å²) in [4.78, 5) is 17.7. The van der Waals surface area contributed by atoms with Gasteiger partial charge in [0.25, 0.3) is 5.91 Å². The molecule has 0 unspecified atom stereocenters. The van der Waals surface area contributed by atoms with Crippen LogP contribution in [0.2, 0.25) is 0 Å². The van der Waals surface area contributed by atoms with Gasteiger partial charge in [-0.3, -0.25) is 9.69 Å². The van der Waals surface area contributed by atoms with Gasteiger partial charge >= 0.3 is 0 Å². The van der Waals surface area contributed by atoms with Crippen LogP contribution in [0.15, 0.2) is 48.8 Å². The molecule has 0 N–H and O–H groups in total. The summed E-state index contributed by atoms with van der Waals surface area (Å²) in [5.41, 5.74) is 1.89. The van der Waals surface area contributed by atoms with E-state index < -0.39 is 0 Å². The fourth-order valence-electron chi connectivity index (χ4n) is 4.56. The Kier molecular flexibility index (Phi) is 5.56. The highest BCUT2D eigenvalue weighted by atomic mass is 16.5. The van der Waals surface area contributed by atoms with Crippen molar-refractivity contribution in [1.29, 1.82) is 0 Å². The van der Waals surface area contributed by atoms with Crippen LogP contribution in [0.5, 0.6) is 0 Å². The van der Waals surface area contributed by atoms with Crippen molar-refractivity contribution in [1.82, 2.24) is 14.4 Å². The molecule has 2 saturated heterocycles. The van der Waals surface area contributed by atoms with Crippen LogP contribution in [-0.2, 0) is 4.74 Å². The van der Waals surface area contributed by atoms with Crippen molar-refractivity contribution in [3.05, 3.63) is 54.4 Å². The first kappa shape index (κ1) is 19.2. The molecule has 28 heavy (non-hydrogen) atoms. The summed E-state index contributed by atoms with van der Waals surface area (Å²) >= 11 is 0. The van der Waals surface area contributed by atoms with E-state index in [0.29, 0.717) is 6.04 Å². The van der Waals surface area contributed by atoms with Crippen LogP contribution in [0.1, 0.15) is 37.0 Å². The monoisotopic (exact) mass is 381 g/mol. The lowest BCUT2D eigenvalue weighted by Crippen LogP contribution is -2.53. The van der Waals surface area contributed by atoms with Crippen molar-refractivity contribution in [2.45, 2.75) is 32.7 Å². The zero-order chi connectivity index (χ0) is 19.6. The molecule has 2 fully saturated rings. The maximum Gasteiger partial charge on any atom is 0.253 e. The average molecular weight is 382 g/mol. The fraction of sp³-hybridized carbons (Fsp3) is 0.522. The summed E-state index contributed by atoms with van der Waals surface area (Å²) in [6.45, 7) is 9.65. The quantitative estimate of drug-likeness (QED) is 0.817. The largest absolute Gasteiger partial charge is 0.379 e. The summed E-state index contributed by atoms with van der Waals surface area (Å²) in [6, 6.07) is 12.4. The fourth-order valence-corrected chi connectivity index (χ4v) is 4.56. The molecule has 1 spiro atoms. The standard InChI is InChI=1S/C23H31N3O2/c1-19(2)25-14-15-28-18-23(16-25)10-5-13-26(17-23)22(27)20-6-8-21(9-7-20)24-11-3-4-12-24/h3-4,6-9,11-12,19H,5,10,13-18H2,1-2H3/t23-/m1/s1. The molecule has 0 aliphatic carbocycles. The molecule has 1 aromatic heterocycles. The van der Waals surface area contributed by atoms with Gasteiger partial charge in [0.15, 0.2) is 0 Å². The van der Waals surface area contributed by atoms with Gasteiger partial charge in [-0.05, 0) is 63.1 Å². The molecule has 2 aromatic rings. The minimum absolute atomic E-state index is 0.0553. The number of likely N-dealkylation sites (tertiary alicyclic amines) is 1. The molecule has 1 atom stereocenters. The number of rotatable bonds is 3. The first-order valence-electron chi connectivity index (χ1n) is 10.4. The molecule has 150 valence electrons. The number of hydrogen-bond acceptors (Lipinski definition) is 3. The van der Waals surface area contributed by atoms with Crippen molar-refractivity contribution in [2.24, 2.45) is 5.41 Å². The van der Waals surface area contributed by atoms with Gasteiger partial charge in [0.05, 0.1) is 13.2 Å². The predicted molar refractivity (Wildman–Crippen MR) is 111 cm³/mol. The van der Waals surface area contributed by atoms with E-state index in [4.69, 9.17) is 4.74 Å². The molecule has 1 amide bonds. The maximum absolute atomic E-state index is 13.2. The number of piperidine rings is 1. The van der Waals surface area contributed by atoms with Gasteiger partial charge in [-0.15, -0.1) is 0 Å². The summed E-state index contributed by atoms with van der Waals surface area (Å²) in [6.07, 6.45) is 6.20. The molecule has 5 heteroatoms. The minimum Gasteiger partial charge on any atom is -0.379 e. The van der Waals surface area contributed by atoms with Crippen molar-refractivity contribution >= 4 is 5.91 Å². The molecular weight excluding hydrogens is 350 g/mol. The van der Waals surface area contributed by atoms with Gasteiger partial charge in [0.1, 0.15) is 0 Å². The Morgan fingerprint density at radius 3 is 2.54 bits per heavy atom. The number of benzene rings is 1. The second kappa shape index (κ2) is 8.10. The van der Waals surface area contributed by atoms with Gasteiger partial charge < -0.3 is 14.2 Å². The third-order valence-electron chi connectivity index (χ3n) is 6.17. The molecule has 0 saturated carbocycles. The van der Waals surface area contributed by atoms with E-state index >= 15 is 0 Å². The highest BCUT2D eigenvalue weighted by Crippen LogP contribution is 2.34. The summed E-state index contributed by atoms with van der Waals surface area (Å²) in [5.74, 6) is 0.137. The number of amides is 1. The number of ether oxygens (including phenoxy) is 1. The van der Waals surface area contributed by atoms with E-state index in [1.807, 2.05) is 58.3 Å². The van der Waals surface area contributed by atoms with Crippen LogP contribution < -0.4 is 0 Å². The molecule has 3 heterocycles. The van der Waals surface area contributed by atoms with Crippen LogP contribution >= 0.6 is 0 Å². The summed E-state index contributed by atoms with van der Waals surface area (Å²) in [7, 11) is 0. The number of carbonyl (C=O) groups is 1. The highest BCUT2D eigenvalue weighted by Gasteiger charge is 2.40. The zero-order valence-electron chi connectivity index (χ0n) is 17.0. The van der Waals surface area contributed by atoms with Crippen molar-refractivity contribution in [2.75, 3.05) is 39.4 Å². The zero-order valence-corrected chi connectivity index (χ0v) is 17.0.